The second-order valence-corrected chi connectivity index (χ2v) is 6.75. The second kappa shape index (κ2) is 5.38. The fourth-order valence-corrected chi connectivity index (χ4v) is 2.81. The number of aliphatic hydroxyl groups is 1. The summed E-state index contributed by atoms with van der Waals surface area (Å²) in [7, 11) is 0. The molecule has 0 saturated carbocycles. The van der Waals surface area contributed by atoms with Crippen LogP contribution in [0.1, 0.15) is 41.5 Å². The topological polar surface area (TPSA) is 46.2 Å². The molecule has 3 heteroatoms. The standard InChI is InChI=1S/C11H25NOS/c1-7(12)10(11(4,5)6)14-9(3)8(2)13/h7-10,13H,12H2,1-6H3. The molecule has 0 aliphatic carbocycles. The Morgan fingerprint density at radius 1 is 1.14 bits per heavy atom. The van der Waals surface area contributed by atoms with Gasteiger partial charge in [0.2, 0.25) is 0 Å². The molecule has 0 radical (unpaired) electrons. The van der Waals surface area contributed by atoms with Gasteiger partial charge in [0.1, 0.15) is 0 Å². The Bertz CT molecular complexity index is 163. The highest BCUT2D eigenvalue weighted by molar-refractivity contribution is 8.00. The maximum absolute atomic E-state index is 9.46. The summed E-state index contributed by atoms with van der Waals surface area (Å²) in [6.45, 7) is 12.5. The Labute approximate surface area is 92.6 Å². The zero-order valence-electron chi connectivity index (χ0n) is 10.2. The molecule has 0 aliphatic rings. The molecule has 0 heterocycles. The van der Waals surface area contributed by atoms with E-state index in [0.29, 0.717) is 5.25 Å². The van der Waals surface area contributed by atoms with Gasteiger partial charge in [-0.25, -0.2) is 0 Å². The summed E-state index contributed by atoms with van der Waals surface area (Å²) < 4.78 is 0. The highest BCUT2D eigenvalue weighted by Gasteiger charge is 2.30. The summed E-state index contributed by atoms with van der Waals surface area (Å²) in [5.41, 5.74) is 6.15. The van der Waals surface area contributed by atoms with E-state index in [2.05, 4.69) is 27.7 Å². The molecule has 0 fully saturated rings. The van der Waals surface area contributed by atoms with E-state index in [1.807, 2.05) is 13.8 Å². The molecule has 0 saturated heterocycles. The first kappa shape index (κ1) is 14.3. The first-order valence-corrected chi connectivity index (χ1v) is 6.19. The van der Waals surface area contributed by atoms with Gasteiger partial charge in [-0.15, -0.1) is 0 Å². The van der Waals surface area contributed by atoms with Gasteiger partial charge in [0.05, 0.1) is 6.10 Å². The minimum absolute atomic E-state index is 0.154. The van der Waals surface area contributed by atoms with Crippen LogP contribution in [0.15, 0.2) is 0 Å². The van der Waals surface area contributed by atoms with Crippen molar-refractivity contribution in [3.05, 3.63) is 0 Å². The lowest BCUT2D eigenvalue weighted by Gasteiger charge is -2.35. The van der Waals surface area contributed by atoms with Crippen LogP contribution in [0.5, 0.6) is 0 Å². The highest BCUT2D eigenvalue weighted by Crippen LogP contribution is 2.35. The van der Waals surface area contributed by atoms with Crippen LogP contribution in [0.25, 0.3) is 0 Å². The summed E-state index contributed by atoms with van der Waals surface area (Å²) >= 11 is 1.79. The fraction of sp³-hybridized carbons (Fsp3) is 1.00. The van der Waals surface area contributed by atoms with Crippen LogP contribution in [0.3, 0.4) is 0 Å². The molecule has 86 valence electrons. The van der Waals surface area contributed by atoms with Crippen LogP contribution < -0.4 is 5.73 Å². The van der Waals surface area contributed by atoms with E-state index in [-0.39, 0.29) is 22.8 Å². The molecule has 14 heavy (non-hydrogen) atoms. The average Bonchev–Trinajstić information content (AvgIpc) is 1.96. The van der Waals surface area contributed by atoms with Gasteiger partial charge in [-0.05, 0) is 19.3 Å². The highest BCUT2D eigenvalue weighted by atomic mass is 32.2. The number of nitrogens with two attached hydrogens (primary N) is 1. The van der Waals surface area contributed by atoms with Gasteiger partial charge in [-0.1, -0.05) is 27.7 Å². The zero-order valence-corrected chi connectivity index (χ0v) is 11.1. The number of hydrogen-bond acceptors (Lipinski definition) is 3. The Morgan fingerprint density at radius 2 is 1.57 bits per heavy atom. The minimum atomic E-state index is -0.274. The van der Waals surface area contributed by atoms with Crippen molar-refractivity contribution in [2.24, 2.45) is 11.1 Å². The summed E-state index contributed by atoms with van der Waals surface area (Å²) in [6.07, 6.45) is -0.274. The van der Waals surface area contributed by atoms with Crippen molar-refractivity contribution in [2.45, 2.75) is 64.2 Å². The lowest BCUT2D eigenvalue weighted by molar-refractivity contribution is 0.195. The molecule has 4 unspecified atom stereocenters. The van der Waals surface area contributed by atoms with Crippen molar-refractivity contribution >= 4 is 11.8 Å². The molecule has 0 bridgehead atoms. The van der Waals surface area contributed by atoms with E-state index < -0.39 is 0 Å². The third kappa shape index (κ3) is 4.67. The van der Waals surface area contributed by atoms with Crippen LogP contribution in [-0.4, -0.2) is 27.8 Å². The van der Waals surface area contributed by atoms with Crippen LogP contribution in [-0.2, 0) is 0 Å². The molecule has 3 N–H and O–H groups in total. The molecule has 0 rings (SSSR count). The quantitative estimate of drug-likeness (QED) is 0.762. The maximum atomic E-state index is 9.46. The van der Waals surface area contributed by atoms with E-state index in [4.69, 9.17) is 5.73 Å². The first-order valence-electron chi connectivity index (χ1n) is 5.25. The summed E-state index contributed by atoms with van der Waals surface area (Å²) in [5.74, 6) is 0. The first-order chi connectivity index (χ1) is 6.16. The van der Waals surface area contributed by atoms with Crippen molar-refractivity contribution in [3.8, 4) is 0 Å². The van der Waals surface area contributed by atoms with E-state index >= 15 is 0 Å². The predicted molar refractivity (Wildman–Crippen MR) is 65.6 cm³/mol. The molecular weight excluding hydrogens is 194 g/mol. The van der Waals surface area contributed by atoms with Crippen LogP contribution in [0, 0.1) is 5.41 Å². The SMILES string of the molecule is CC(N)C(SC(C)C(C)O)C(C)(C)C. The van der Waals surface area contributed by atoms with Crippen LogP contribution >= 0.6 is 11.8 Å². The summed E-state index contributed by atoms with van der Waals surface area (Å²) in [6, 6.07) is 0.154. The van der Waals surface area contributed by atoms with E-state index in [1.165, 1.54) is 0 Å². The lowest BCUT2D eigenvalue weighted by Crippen LogP contribution is -2.41. The Balaban J connectivity index is 4.40. The van der Waals surface area contributed by atoms with Gasteiger partial charge in [0, 0.05) is 16.5 Å². The van der Waals surface area contributed by atoms with Crippen LogP contribution in [0.4, 0.5) is 0 Å². The Kier molecular flexibility index (Phi) is 5.48. The molecule has 0 aromatic carbocycles. The number of thioether (sulfide) groups is 1. The largest absolute Gasteiger partial charge is 0.392 e. The number of hydrogen-bond donors (Lipinski definition) is 2. The molecule has 0 aromatic rings. The van der Waals surface area contributed by atoms with Crippen molar-refractivity contribution in [2.75, 3.05) is 0 Å². The van der Waals surface area contributed by atoms with E-state index in [1.54, 1.807) is 11.8 Å². The van der Waals surface area contributed by atoms with Gasteiger partial charge in [0.15, 0.2) is 0 Å². The Morgan fingerprint density at radius 3 is 1.79 bits per heavy atom. The van der Waals surface area contributed by atoms with E-state index in [9.17, 15) is 5.11 Å². The smallest absolute Gasteiger partial charge is 0.0628 e. The van der Waals surface area contributed by atoms with Crippen molar-refractivity contribution in [3.63, 3.8) is 0 Å². The van der Waals surface area contributed by atoms with Crippen molar-refractivity contribution in [1.29, 1.82) is 0 Å². The third-order valence-corrected chi connectivity index (χ3v) is 4.62. The Hall–Kier alpha value is 0.270. The second-order valence-electron chi connectivity index (χ2n) is 5.23. The number of rotatable bonds is 4. The van der Waals surface area contributed by atoms with Crippen molar-refractivity contribution in [1.82, 2.24) is 0 Å². The van der Waals surface area contributed by atoms with Crippen LogP contribution in [0.2, 0.25) is 0 Å². The van der Waals surface area contributed by atoms with Gasteiger partial charge in [0.25, 0.3) is 0 Å². The molecule has 0 amide bonds. The zero-order chi connectivity index (χ0) is 11.5. The average molecular weight is 219 g/mol. The fourth-order valence-electron chi connectivity index (χ4n) is 1.46. The molecule has 0 aromatic heterocycles. The lowest BCUT2D eigenvalue weighted by atomic mass is 9.88. The summed E-state index contributed by atoms with van der Waals surface area (Å²) in [5, 5.41) is 10.1. The molecule has 0 spiro atoms. The van der Waals surface area contributed by atoms with Gasteiger partial charge in [-0.2, -0.15) is 11.8 Å². The number of aliphatic hydroxyl groups excluding tert-OH is 1. The predicted octanol–water partition coefficient (Wildman–Crippen LogP) is 2.25. The molecule has 0 aliphatic heterocycles. The van der Waals surface area contributed by atoms with E-state index in [0.717, 1.165) is 0 Å². The van der Waals surface area contributed by atoms with Gasteiger partial charge in [-0.3, -0.25) is 0 Å². The molecule has 4 atom stereocenters. The van der Waals surface area contributed by atoms with Gasteiger partial charge < -0.3 is 10.8 Å². The van der Waals surface area contributed by atoms with Crippen molar-refractivity contribution < 1.29 is 5.11 Å². The monoisotopic (exact) mass is 219 g/mol. The normalized spacial score (nSPS) is 21.4. The molecular formula is C11H25NOS. The minimum Gasteiger partial charge on any atom is -0.392 e. The summed E-state index contributed by atoms with van der Waals surface area (Å²) in [4.78, 5) is 0. The molecule has 2 nitrogen and oxygen atoms in total. The van der Waals surface area contributed by atoms with Gasteiger partial charge >= 0.3 is 0 Å². The maximum Gasteiger partial charge on any atom is 0.0628 e. The third-order valence-electron chi connectivity index (χ3n) is 2.37.